The molecule has 1 saturated carbocycles. The summed E-state index contributed by atoms with van der Waals surface area (Å²) in [5.41, 5.74) is 1.05. The number of amides is 1. The molecule has 0 spiro atoms. The molecule has 1 amide bonds. The van der Waals surface area contributed by atoms with Crippen molar-refractivity contribution >= 4 is 5.91 Å². The summed E-state index contributed by atoms with van der Waals surface area (Å²) in [6, 6.07) is 4.83. The average Bonchev–Trinajstić information content (AvgIpc) is 2.15. The van der Waals surface area contributed by atoms with Gasteiger partial charge in [0.1, 0.15) is 5.82 Å². The van der Waals surface area contributed by atoms with E-state index in [1.165, 1.54) is 6.07 Å². The van der Waals surface area contributed by atoms with Crippen LogP contribution in [0.4, 0.5) is 4.39 Å². The number of carbonyl (C=O) groups is 1. The van der Waals surface area contributed by atoms with Gasteiger partial charge in [-0.15, -0.1) is 0 Å². The molecule has 2 rings (SSSR count). The maximum atomic E-state index is 13.3. The SMILES string of the molecule is Cc1ccc(F)c(C(=O)NC2CCC2)c1. The van der Waals surface area contributed by atoms with Crippen molar-refractivity contribution in [1.82, 2.24) is 5.32 Å². The molecule has 0 radical (unpaired) electrons. The Bertz CT molecular complexity index is 385. The molecule has 80 valence electrons. The zero-order chi connectivity index (χ0) is 10.8. The van der Waals surface area contributed by atoms with Crippen molar-refractivity contribution in [3.05, 3.63) is 35.1 Å². The van der Waals surface area contributed by atoms with E-state index >= 15 is 0 Å². The molecule has 1 aliphatic rings. The molecule has 1 aromatic carbocycles. The van der Waals surface area contributed by atoms with Crippen molar-refractivity contribution < 1.29 is 9.18 Å². The van der Waals surface area contributed by atoms with Gasteiger partial charge in [-0.05, 0) is 38.3 Å². The Hall–Kier alpha value is -1.38. The number of hydrogen-bond donors (Lipinski definition) is 1. The van der Waals surface area contributed by atoms with Gasteiger partial charge < -0.3 is 5.32 Å². The second kappa shape index (κ2) is 4.01. The minimum absolute atomic E-state index is 0.155. The highest BCUT2D eigenvalue weighted by Gasteiger charge is 2.21. The highest BCUT2D eigenvalue weighted by Crippen LogP contribution is 2.19. The quantitative estimate of drug-likeness (QED) is 0.792. The van der Waals surface area contributed by atoms with Crippen LogP contribution in [0.1, 0.15) is 35.2 Å². The summed E-state index contributed by atoms with van der Waals surface area (Å²) in [5.74, 6) is -0.738. The third-order valence-electron chi connectivity index (χ3n) is 2.81. The van der Waals surface area contributed by atoms with Gasteiger partial charge in [0, 0.05) is 6.04 Å². The Labute approximate surface area is 88.5 Å². The van der Waals surface area contributed by atoms with E-state index in [0.29, 0.717) is 0 Å². The van der Waals surface area contributed by atoms with E-state index in [1.54, 1.807) is 12.1 Å². The van der Waals surface area contributed by atoms with Crippen LogP contribution in [0.2, 0.25) is 0 Å². The van der Waals surface area contributed by atoms with Crippen LogP contribution in [0.15, 0.2) is 18.2 Å². The van der Waals surface area contributed by atoms with Gasteiger partial charge >= 0.3 is 0 Å². The molecule has 0 atom stereocenters. The van der Waals surface area contributed by atoms with Crippen LogP contribution in [0.5, 0.6) is 0 Å². The summed E-state index contributed by atoms with van der Waals surface area (Å²) in [4.78, 5) is 11.7. The molecule has 1 fully saturated rings. The summed E-state index contributed by atoms with van der Waals surface area (Å²) in [7, 11) is 0. The Morgan fingerprint density at radius 1 is 1.47 bits per heavy atom. The van der Waals surface area contributed by atoms with E-state index in [-0.39, 0.29) is 17.5 Å². The van der Waals surface area contributed by atoms with Gasteiger partial charge in [-0.3, -0.25) is 4.79 Å². The zero-order valence-corrected chi connectivity index (χ0v) is 8.72. The van der Waals surface area contributed by atoms with Crippen molar-refractivity contribution in [1.29, 1.82) is 0 Å². The summed E-state index contributed by atoms with van der Waals surface area (Å²) < 4.78 is 13.3. The van der Waals surface area contributed by atoms with Crippen molar-refractivity contribution in [3.8, 4) is 0 Å². The van der Waals surface area contributed by atoms with Gasteiger partial charge in [0.25, 0.3) is 5.91 Å². The Morgan fingerprint density at radius 3 is 2.80 bits per heavy atom. The number of aryl methyl sites for hydroxylation is 1. The molecule has 0 unspecified atom stereocenters. The Morgan fingerprint density at radius 2 is 2.20 bits per heavy atom. The first kappa shape index (κ1) is 10.1. The van der Waals surface area contributed by atoms with Gasteiger partial charge in [-0.1, -0.05) is 11.6 Å². The second-order valence-corrected chi connectivity index (χ2v) is 4.08. The first-order valence-corrected chi connectivity index (χ1v) is 5.24. The number of carbonyl (C=O) groups excluding carboxylic acids is 1. The summed E-state index contributed by atoms with van der Waals surface area (Å²) >= 11 is 0. The van der Waals surface area contributed by atoms with E-state index in [4.69, 9.17) is 0 Å². The molecule has 0 aliphatic heterocycles. The van der Waals surface area contributed by atoms with Crippen LogP contribution in [0, 0.1) is 12.7 Å². The zero-order valence-electron chi connectivity index (χ0n) is 8.72. The highest BCUT2D eigenvalue weighted by molar-refractivity contribution is 5.94. The van der Waals surface area contributed by atoms with Gasteiger partial charge in [0.2, 0.25) is 0 Å². The van der Waals surface area contributed by atoms with Gasteiger partial charge in [0.15, 0.2) is 0 Å². The Balaban J connectivity index is 2.12. The van der Waals surface area contributed by atoms with Crippen LogP contribution < -0.4 is 5.32 Å². The third-order valence-corrected chi connectivity index (χ3v) is 2.81. The molecule has 1 N–H and O–H groups in total. The number of nitrogens with one attached hydrogen (secondary N) is 1. The molecular weight excluding hydrogens is 193 g/mol. The van der Waals surface area contributed by atoms with Crippen LogP contribution >= 0.6 is 0 Å². The lowest BCUT2D eigenvalue weighted by Gasteiger charge is -2.26. The van der Waals surface area contributed by atoms with Gasteiger partial charge in [-0.2, -0.15) is 0 Å². The van der Waals surface area contributed by atoms with Crippen LogP contribution in [0.25, 0.3) is 0 Å². The van der Waals surface area contributed by atoms with Crippen molar-refractivity contribution in [3.63, 3.8) is 0 Å². The summed E-state index contributed by atoms with van der Waals surface area (Å²) in [5, 5.41) is 2.82. The number of halogens is 1. The summed E-state index contributed by atoms with van der Waals surface area (Å²) in [6.45, 7) is 1.85. The molecule has 0 saturated heterocycles. The fourth-order valence-electron chi connectivity index (χ4n) is 1.63. The predicted octanol–water partition coefficient (Wildman–Crippen LogP) is 2.42. The van der Waals surface area contributed by atoms with E-state index < -0.39 is 5.82 Å². The molecule has 3 heteroatoms. The smallest absolute Gasteiger partial charge is 0.254 e. The lowest BCUT2D eigenvalue weighted by Crippen LogP contribution is -2.39. The largest absolute Gasteiger partial charge is 0.349 e. The topological polar surface area (TPSA) is 29.1 Å². The molecule has 0 heterocycles. The lowest BCUT2D eigenvalue weighted by atomic mass is 9.93. The van der Waals surface area contributed by atoms with E-state index in [1.807, 2.05) is 6.92 Å². The average molecular weight is 207 g/mol. The maximum absolute atomic E-state index is 13.3. The molecule has 1 aliphatic carbocycles. The second-order valence-electron chi connectivity index (χ2n) is 4.08. The Kier molecular flexibility index (Phi) is 2.71. The molecule has 2 nitrogen and oxygen atoms in total. The van der Waals surface area contributed by atoms with Crippen molar-refractivity contribution in [2.45, 2.75) is 32.2 Å². The monoisotopic (exact) mass is 207 g/mol. The van der Waals surface area contributed by atoms with Gasteiger partial charge in [-0.25, -0.2) is 4.39 Å². The normalized spacial score (nSPS) is 15.9. The number of hydrogen-bond acceptors (Lipinski definition) is 1. The van der Waals surface area contributed by atoms with Crippen molar-refractivity contribution in [2.24, 2.45) is 0 Å². The molecule has 15 heavy (non-hydrogen) atoms. The van der Waals surface area contributed by atoms with Crippen LogP contribution in [0.3, 0.4) is 0 Å². The highest BCUT2D eigenvalue weighted by atomic mass is 19.1. The minimum Gasteiger partial charge on any atom is -0.349 e. The van der Waals surface area contributed by atoms with Crippen LogP contribution in [-0.4, -0.2) is 11.9 Å². The maximum Gasteiger partial charge on any atom is 0.254 e. The molecule has 1 aromatic rings. The molecule has 0 aromatic heterocycles. The number of rotatable bonds is 2. The third kappa shape index (κ3) is 2.17. The minimum atomic E-state index is -0.447. The molecular formula is C12H14FNO. The lowest BCUT2D eigenvalue weighted by molar-refractivity contribution is 0.0913. The van der Waals surface area contributed by atoms with E-state index in [2.05, 4.69) is 5.32 Å². The fraction of sp³-hybridized carbons (Fsp3) is 0.417. The first-order chi connectivity index (χ1) is 7.16. The molecule has 0 bridgehead atoms. The first-order valence-electron chi connectivity index (χ1n) is 5.24. The van der Waals surface area contributed by atoms with Crippen molar-refractivity contribution in [2.75, 3.05) is 0 Å². The van der Waals surface area contributed by atoms with Gasteiger partial charge in [0.05, 0.1) is 5.56 Å². The summed E-state index contributed by atoms with van der Waals surface area (Å²) in [6.07, 6.45) is 3.18. The number of benzene rings is 1. The standard InChI is InChI=1S/C12H14FNO/c1-8-5-6-11(13)10(7-8)12(15)14-9-3-2-4-9/h5-7,9H,2-4H2,1H3,(H,14,15). The van der Waals surface area contributed by atoms with Crippen LogP contribution in [-0.2, 0) is 0 Å². The predicted molar refractivity (Wildman–Crippen MR) is 56.2 cm³/mol. The van der Waals surface area contributed by atoms with E-state index in [9.17, 15) is 9.18 Å². The fourth-order valence-corrected chi connectivity index (χ4v) is 1.63. The van der Waals surface area contributed by atoms with E-state index in [0.717, 1.165) is 24.8 Å².